The molecule has 0 amide bonds. The molecule has 1 atom stereocenters. The lowest BCUT2D eigenvalue weighted by Gasteiger charge is -2.08. The minimum Gasteiger partial charge on any atom is -0.361 e. The molecule has 16 heavy (non-hydrogen) atoms. The van der Waals surface area contributed by atoms with Gasteiger partial charge < -0.3 is 10.3 Å². The zero-order valence-corrected chi connectivity index (χ0v) is 10.8. The van der Waals surface area contributed by atoms with Gasteiger partial charge in [-0.1, -0.05) is 0 Å². The third-order valence-corrected chi connectivity index (χ3v) is 3.72. The van der Waals surface area contributed by atoms with Crippen molar-refractivity contribution in [2.24, 2.45) is 0 Å². The summed E-state index contributed by atoms with van der Waals surface area (Å²) in [5.74, 6) is 0. The Hall–Kier alpha value is -0.930. The average Bonchev–Trinajstić information content (AvgIpc) is 2.71. The van der Waals surface area contributed by atoms with Gasteiger partial charge in [-0.05, 0) is 50.4 Å². The zero-order chi connectivity index (χ0) is 11.5. The van der Waals surface area contributed by atoms with Gasteiger partial charge in [0, 0.05) is 28.0 Å². The molecule has 1 aromatic heterocycles. The Kier molecular flexibility index (Phi) is 3.56. The summed E-state index contributed by atoms with van der Waals surface area (Å²) in [7, 11) is 2.01. The minimum absolute atomic E-state index is 0.511. The quantitative estimate of drug-likeness (QED) is 0.796. The molecule has 0 aliphatic rings. The van der Waals surface area contributed by atoms with Gasteiger partial charge in [-0.3, -0.25) is 0 Å². The molecule has 2 nitrogen and oxygen atoms in total. The number of fused-ring (bicyclic) bond motifs is 1. The number of likely N-dealkylation sites (N-methyl/N-ethyl adjacent to an activating group) is 1. The first-order chi connectivity index (χ1) is 7.74. The van der Waals surface area contributed by atoms with Crippen molar-refractivity contribution in [3.05, 3.63) is 30.0 Å². The van der Waals surface area contributed by atoms with Crippen LogP contribution in [-0.4, -0.2) is 24.3 Å². The summed E-state index contributed by atoms with van der Waals surface area (Å²) < 4.78 is 0. The predicted octanol–water partition coefficient (Wildman–Crippen LogP) is 3.04. The first kappa shape index (κ1) is 11.6. The zero-order valence-electron chi connectivity index (χ0n) is 10.0. The molecule has 2 rings (SSSR count). The van der Waals surface area contributed by atoms with E-state index in [0.717, 1.165) is 6.42 Å². The fraction of sp³-hybridized carbons (Fsp3) is 0.385. The first-order valence-electron chi connectivity index (χ1n) is 5.56. The molecule has 0 fully saturated rings. The van der Waals surface area contributed by atoms with Crippen molar-refractivity contribution in [2.75, 3.05) is 13.3 Å². The maximum atomic E-state index is 3.33. The Morgan fingerprint density at radius 1 is 1.44 bits per heavy atom. The van der Waals surface area contributed by atoms with Gasteiger partial charge >= 0.3 is 0 Å². The van der Waals surface area contributed by atoms with Crippen molar-refractivity contribution in [3.63, 3.8) is 0 Å². The van der Waals surface area contributed by atoms with E-state index < -0.39 is 0 Å². The molecule has 0 saturated carbocycles. The maximum absolute atomic E-state index is 3.33. The van der Waals surface area contributed by atoms with E-state index in [9.17, 15) is 0 Å². The summed E-state index contributed by atoms with van der Waals surface area (Å²) >= 11 is 1.79. The highest BCUT2D eigenvalue weighted by Crippen LogP contribution is 2.25. The molecule has 0 spiro atoms. The van der Waals surface area contributed by atoms with Crippen molar-refractivity contribution in [1.29, 1.82) is 0 Å². The molecule has 0 aliphatic carbocycles. The minimum atomic E-state index is 0.511. The van der Waals surface area contributed by atoms with Crippen LogP contribution >= 0.6 is 11.8 Å². The van der Waals surface area contributed by atoms with E-state index in [1.807, 2.05) is 7.05 Å². The summed E-state index contributed by atoms with van der Waals surface area (Å²) in [5.41, 5.74) is 2.63. The smallest absolute Gasteiger partial charge is 0.0457 e. The van der Waals surface area contributed by atoms with E-state index in [2.05, 4.69) is 47.9 Å². The van der Waals surface area contributed by atoms with Gasteiger partial charge in [0.05, 0.1) is 0 Å². The number of thioether (sulfide) groups is 1. The van der Waals surface area contributed by atoms with Crippen LogP contribution in [0.2, 0.25) is 0 Å². The van der Waals surface area contributed by atoms with E-state index in [1.165, 1.54) is 21.4 Å². The highest BCUT2D eigenvalue weighted by Gasteiger charge is 2.07. The average molecular weight is 234 g/mol. The number of aromatic amines is 1. The molecule has 0 aliphatic heterocycles. The highest BCUT2D eigenvalue weighted by molar-refractivity contribution is 7.98. The van der Waals surface area contributed by atoms with E-state index in [1.54, 1.807) is 11.8 Å². The molecule has 1 unspecified atom stereocenters. The van der Waals surface area contributed by atoms with Gasteiger partial charge in [0.15, 0.2) is 0 Å². The summed E-state index contributed by atoms with van der Waals surface area (Å²) in [5, 5.41) is 4.63. The van der Waals surface area contributed by atoms with Crippen LogP contribution in [0.1, 0.15) is 12.5 Å². The van der Waals surface area contributed by atoms with Gasteiger partial charge in [-0.25, -0.2) is 0 Å². The number of hydrogen-bond acceptors (Lipinski definition) is 2. The van der Waals surface area contributed by atoms with Crippen LogP contribution in [0, 0.1) is 0 Å². The van der Waals surface area contributed by atoms with Crippen molar-refractivity contribution < 1.29 is 0 Å². The Morgan fingerprint density at radius 3 is 2.94 bits per heavy atom. The SMILES string of the molecule is CNC(C)Cc1c[nH]c2ccc(SC)cc12. The maximum Gasteiger partial charge on any atom is 0.0457 e. The number of benzene rings is 1. The molecule has 86 valence electrons. The fourth-order valence-electron chi connectivity index (χ4n) is 1.89. The van der Waals surface area contributed by atoms with Crippen molar-refractivity contribution in [2.45, 2.75) is 24.3 Å². The van der Waals surface area contributed by atoms with Crippen LogP contribution in [0.4, 0.5) is 0 Å². The normalized spacial score (nSPS) is 13.2. The van der Waals surface area contributed by atoms with E-state index in [4.69, 9.17) is 0 Å². The van der Waals surface area contributed by atoms with Crippen LogP contribution in [-0.2, 0) is 6.42 Å². The molecule has 0 bridgehead atoms. The van der Waals surface area contributed by atoms with Gasteiger partial charge in [0.2, 0.25) is 0 Å². The monoisotopic (exact) mass is 234 g/mol. The lowest BCUT2D eigenvalue weighted by molar-refractivity contribution is 0.610. The van der Waals surface area contributed by atoms with Crippen LogP contribution in [0.25, 0.3) is 10.9 Å². The van der Waals surface area contributed by atoms with Crippen molar-refractivity contribution in [3.8, 4) is 0 Å². The Labute approximate surface area is 101 Å². The third kappa shape index (κ3) is 2.25. The highest BCUT2D eigenvalue weighted by atomic mass is 32.2. The number of rotatable bonds is 4. The Bertz CT molecular complexity index is 476. The topological polar surface area (TPSA) is 27.8 Å². The Morgan fingerprint density at radius 2 is 2.25 bits per heavy atom. The van der Waals surface area contributed by atoms with Gasteiger partial charge in [-0.2, -0.15) is 0 Å². The largest absolute Gasteiger partial charge is 0.361 e. The lowest BCUT2D eigenvalue weighted by atomic mass is 10.1. The second-order valence-corrected chi connectivity index (χ2v) is 5.00. The van der Waals surface area contributed by atoms with Gasteiger partial charge in [0.25, 0.3) is 0 Å². The van der Waals surface area contributed by atoms with Gasteiger partial charge in [0.1, 0.15) is 0 Å². The fourth-order valence-corrected chi connectivity index (χ4v) is 2.33. The van der Waals surface area contributed by atoms with E-state index >= 15 is 0 Å². The van der Waals surface area contributed by atoms with Crippen LogP contribution in [0.5, 0.6) is 0 Å². The van der Waals surface area contributed by atoms with Crippen LogP contribution in [0.3, 0.4) is 0 Å². The van der Waals surface area contributed by atoms with Crippen molar-refractivity contribution in [1.82, 2.24) is 10.3 Å². The number of hydrogen-bond donors (Lipinski definition) is 2. The van der Waals surface area contributed by atoms with Crippen molar-refractivity contribution >= 4 is 22.7 Å². The van der Waals surface area contributed by atoms with E-state index in [0.29, 0.717) is 6.04 Å². The molecule has 1 heterocycles. The second kappa shape index (κ2) is 4.93. The van der Waals surface area contributed by atoms with Crippen LogP contribution in [0.15, 0.2) is 29.3 Å². The van der Waals surface area contributed by atoms with E-state index in [-0.39, 0.29) is 0 Å². The molecule has 0 saturated heterocycles. The molecule has 2 N–H and O–H groups in total. The molecule has 1 aromatic carbocycles. The summed E-state index contributed by atoms with van der Waals surface area (Å²) in [4.78, 5) is 4.66. The van der Waals surface area contributed by atoms with Gasteiger partial charge in [-0.15, -0.1) is 11.8 Å². The molecule has 0 radical (unpaired) electrons. The third-order valence-electron chi connectivity index (χ3n) is 2.99. The number of H-pyrrole nitrogens is 1. The predicted molar refractivity (Wildman–Crippen MR) is 72.3 cm³/mol. The molecular weight excluding hydrogens is 216 g/mol. The molecule has 2 aromatic rings. The molecular formula is C13H18N2S. The standard InChI is InChI=1S/C13H18N2S/c1-9(14-2)6-10-8-15-13-5-4-11(16-3)7-12(10)13/h4-5,7-9,14-15H,6H2,1-3H3. The molecule has 3 heteroatoms. The second-order valence-electron chi connectivity index (χ2n) is 4.12. The Balaban J connectivity index is 2.38. The summed E-state index contributed by atoms with van der Waals surface area (Å²) in [6.07, 6.45) is 5.31. The summed E-state index contributed by atoms with van der Waals surface area (Å²) in [6.45, 7) is 2.21. The lowest BCUT2D eigenvalue weighted by Crippen LogP contribution is -2.23. The number of nitrogens with one attached hydrogen (secondary N) is 2. The first-order valence-corrected chi connectivity index (χ1v) is 6.78. The summed E-state index contributed by atoms with van der Waals surface area (Å²) in [6, 6.07) is 7.11. The van der Waals surface area contributed by atoms with Crippen LogP contribution < -0.4 is 5.32 Å². The number of aromatic nitrogens is 1.